The van der Waals surface area contributed by atoms with Gasteiger partial charge in [0.25, 0.3) is 0 Å². The van der Waals surface area contributed by atoms with Gasteiger partial charge in [0.05, 0.1) is 12.2 Å². The SMILES string of the molecule is COC[C@@H]1O[C@H](O[C@H]2OC(=O)C([C@H](O)c3ccccc3)=C2c2ccccc2)[C@@H](NC(C)=O)[C@@H](O)[C@@H]1O. The van der Waals surface area contributed by atoms with Crippen LogP contribution in [0.2, 0.25) is 0 Å². The third kappa shape index (κ3) is 5.34. The monoisotopic (exact) mass is 499 g/mol. The number of methoxy groups -OCH3 is 1. The summed E-state index contributed by atoms with van der Waals surface area (Å²) in [5.41, 5.74) is 1.34. The van der Waals surface area contributed by atoms with Crippen LogP contribution in [0, 0.1) is 0 Å². The molecule has 2 aliphatic rings. The number of ether oxygens (including phenoxy) is 4. The number of hydrogen-bond donors (Lipinski definition) is 4. The van der Waals surface area contributed by atoms with Crippen molar-refractivity contribution in [3.05, 3.63) is 77.4 Å². The Hall–Kier alpha value is -3.12. The summed E-state index contributed by atoms with van der Waals surface area (Å²) in [5.74, 6) is -1.27. The number of nitrogens with one attached hydrogen (secondary N) is 1. The van der Waals surface area contributed by atoms with Crippen molar-refractivity contribution < 1.29 is 43.9 Å². The zero-order valence-electron chi connectivity index (χ0n) is 19.8. The molecule has 36 heavy (non-hydrogen) atoms. The van der Waals surface area contributed by atoms with Crippen molar-refractivity contribution in [2.24, 2.45) is 0 Å². The average Bonchev–Trinajstić information content (AvgIpc) is 3.20. The smallest absolute Gasteiger partial charge is 0.340 e. The average molecular weight is 500 g/mol. The molecule has 1 amide bonds. The van der Waals surface area contributed by atoms with E-state index in [1.807, 2.05) is 0 Å². The number of rotatable bonds is 8. The van der Waals surface area contributed by atoms with E-state index in [-0.39, 0.29) is 17.8 Å². The van der Waals surface area contributed by atoms with Crippen LogP contribution in [0.3, 0.4) is 0 Å². The standard InChI is InChI=1S/C26H29NO9/c1-14(28)27-20-23(31)22(30)17(13-33-2)34-26(20)36-25-18(15-9-5-3-6-10-15)19(24(32)35-25)21(29)16-11-7-4-8-12-16/h3-12,17,20-23,25-26,29-31H,13H2,1-2H3,(H,27,28)/t17-,20-,21+,22+,23+,25+,26+/m0/s1. The molecule has 0 unspecified atom stereocenters. The highest BCUT2D eigenvalue weighted by Gasteiger charge is 2.49. The fourth-order valence-corrected chi connectivity index (χ4v) is 4.38. The summed E-state index contributed by atoms with van der Waals surface area (Å²) in [4.78, 5) is 24.9. The molecular formula is C26H29NO9. The van der Waals surface area contributed by atoms with E-state index in [0.29, 0.717) is 11.1 Å². The second kappa shape index (κ2) is 11.3. The number of aliphatic hydroxyl groups is 3. The number of carbonyl (C=O) groups is 2. The van der Waals surface area contributed by atoms with Crippen LogP contribution in [0.4, 0.5) is 0 Å². The zero-order valence-corrected chi connectivity index (χ0v) is 19.8. The van der Waals surface area contributed by atoms with Crippen LogP contribution in [0.5, 0.6) is 0 Å². The molecule has 2 aromatic carbocycles. The molecule has 192 valence electrons. The largest absolute Gasteiger partial charge is 0.428 e. The number of cyclic esters (lactones) is 1. The number of carbonyl (C=O) groups excluding carboxylic acids is 2. The van der Waals surface area contributed by atoms with Gasteiger partial charge in [0.2, 0.25) is 12.2 Å². The van der Waals surface area contributed by atoms with Crippen LogP contribution in [-0.2, 0) is 28.5 Å². The first-order valence-corrected chi connectivity index (χ1v) is 11.5. The molecule has 0 aromatic heterocycles. The molecule has 0 bridgehead atoms. The summed E-state index contributed by atoms with van der Waals surface area (Å²) in [5, 5.41) is 34.8. The fraction of sp³-hybridized carbons (Fsp3) is 0.385. The van der Waals surface area contributed by atoms with E-state index in [2.05, 4.69) is 5.32 Å². The molecule has 10 heteroatoms. The number of hydrogen-bond acceptors (Lipinski definition) is 9. The lowest BCUT2D eigenvalue weighted by atomic mass is 9.93. The van der Waals surface area contributed by atoms with E-state index < -0.39 is 54.9 Å². The first kappa shape index (κ1) is 26.0. The first-order chi connectivity index (χ1) is 17.3. The molecular weight excluding hydrogens is 470 g/mol. The van der Waals surface area contributed by atoms with Gasteiger partial charge in [-0.2, -0.15) is 0 Å². The van der Waals surface area contributed by atoms with Crippen LogP contribution in [0.15, 0.2) is 66.2 Å². The van der Waals surface area contributed by atoms with Gasteiger partial charge in [-0.25, -0.2) is 4.79 Å². The molecule has 7 atom stereocenters. The molecule has 2 aromatic rings. The summed E-state index contributed by atoms with van der Waals surface area (Å²) in [6.45, 7) is 1.19. The lowest BCUT2D eigenvalue weighted by Crippen LogP contribution is -2.65. The van der Waals surface area contributed by atoms with Gasteiger partial charge in [-0.15, -0.1) is 0 Å². The molecule has 0 radical (unpaired) electrons. The zero-order chi connectivity index (χ0) is 25.8. The summed E-state index contributed by atoms with van der Waals surface area (Å²) in [7, 11) is 1.41. The number of esters is 1. The Labute approximate surface area is 208 Å². The van der Waals surface area contributed by atoms with Crippen molar-refractivity contribution in [2.45, 2.75) is 50.0 Å². The maximum Gasteiger partial charge on any atom is 0.340 e. The van der Waals surface area contributed by atoms with E-state index in [4.69, 9.17) is 18.9 Å². The fourth-order valence-electron chi connectivity index (χ4n) is 4.38. The molecule has 0 spiro atoms. The van der Waals surface area contributed by atoms with Gasteiger partial charge >= 0.3 is 5.97 Å². The van der Waals surface area contributed by atoms with Crippen LogP contribution >= 0.6 is 0 Å². The molecule has 2 heterocycles. The Morgan fingerprint density at radius 3 is 2.31 bits per heavy atom. The van der Waals surface area contributed by atoms with Crippen LogP contribution in [0.25, 0.3) is 5.57 Å². The highest BCUT2D eigenvalue weighted by molar-refractivity contribution is 6.03. The van der Waals surface area contributed by atoms with Crippen LogP contribution < -0.4 is 5.32 Å². The summed E-state index contributed by atoms with van der Waals surface area (Å²) in [6.07, 6.45) is -7.75. The summed E-state index contributed by atoms with van der Waals surface area (Å²) < 4.78 is 22.5. The van der Waals surface area contributed by atoms with Gasteiger partial charge < -0.3 is 39.6 Å². The normalized spacial score (nSPS) is 29.1. The van der Waals surface area contributed by atoms with Gasteiger partial charge in [0.1, 0.15) is 30.5 Å². The van der Waals surface area contributed by atoms with E-state index in [1.54, 1.807) is 60.7 Å². The van der Waals surface area contributed by atoms with Crippen molar-refractivity contribution in [2.75, 3.05) is 13.7 Å². The number of aliphatic hydroxyl groups excluding tert-OH is 3. The molecule has 10 nitrogen and oxygen atoms in total. The molecule has 1 fully saturated rings. The summed E-state index contributed by atoms with van der Waals surface area (Å²) >= 11 is 0. The number of benzene rings is 2. The highest BCUT2D eigenvalue weighted by atomic mass is 16.8. The van der Waals surface area contributed by atoms with Gasteiger partial charge in [-0.1, -0.05) is 60.7 Å². The predicted octanol–water partition coefficient (Wildman–Crippen LogP) is 0.671. The van der Waals surface area contributed by atoms with Crippen molar-refractivity contribution in [1.82, 2.24) is 5.32 Å². The lowest BCUT2D eigenvalue weighted by Gasteiger charge is -2.43. The van der Waals surface area contributed by atoms with Crippen molar-refractivity contribution >= 4 is 17.4 Å². The maximum atomic E-state index is 13.0. The van der Waals surface area contributed by atoms with Crippen molar-refractivity contribution in [3.63, 3.8) is 0 Å². The van der Waals surface area contributed by atoms with E-state index in [1.165, 1.54) is 14.0 Å². The molecule has 4 rings (SSSR count). The molecule has 2 aliphatic heterocycles. The van der Waals surface area contributed by atoms with Gasteiger partial charge in [-0.3, -0.25) is 4.79 Å². The minimum Gasteiger partial charge on any atom is -0.428 e. The summed E-state index contributed by atoms with van der Waals surface area (Å²) in [6, 6.07) is 16.3. The topological polar surface area (TPSA) is 144 Å². The molecule has 0 aliphatic carbocycles. The Morgan fingerprint density at radius 1 is 1.06 bits per heavy atom. The lowest BCUT2D eigenvalue weighted by molar-refractivity contribution is -0.297. The van der Waals surface area contributed by atoms with Gasteiger partial charge in [0.15, 0.2) is 6.29 Å². The quantitative estimate of drug-likeness (QED) is 0.385. The minimum atomic E-state index is -1.46. The molecule has 1 saturated heterocycles. The van der Waals surface area contributed by atoms with Crippen molar-refractivity contribution in [3.8, 4) is 0 Å². The van der Waals surface area contributed by atoms with Crippen LogP contribution in [-0.4, -0.2) is 77.8 Å². The Morgan fingerprint density at radius 2 is 1.69 bits per heavy atom. The maximum absolute atomic E-state index is 13.0. The Bertz CT molecular complexity index is 1090. The third-order valence-electron chi connectivity index (χ3n) is 6.09. The molecule has 0 saturated carbocycles. The minimum absolute atomic E-state index is 0.00156. The van der Waals surface area contributed by atoms with E-state index in [0.717, 1.165) is 0 Å². The third-order valence-corrected chi connectivity index (χ3v) is 6.09. The van der Waals surface area contributed by atoms with Crippen molar-refractivity contribution in [1.29, 1.82) is 0 Å². The second-order valence-electron chi connectivity index (χ2n) is 8.59. The highest BCUT2D eigenvalue weighted by Crippen LogP contribution is 2.40. The number of amides is 1. The van der Waals surface area contributed by atoms with Gasteiger partial charge in [-0.05, 0) is 11.1 Å². The second-order valence-corrected chi connectivity index (χ2v) is 8.59. The Balaban J connectivity index is 1.72. The molecule has 4 N–H and O–H groups in total. The van der Waals surface area contributed by atoms with Crippen LogP contribution in [0.1, 0.15) is 24.2 Å². The van der Waals surface area contributed by atoms with E-state index in [9.17, 15) is 24.9 Å². The Kier molecular flexibility index (Phi) is 8.14. The predicted molar refractivity (Wildman–Crippen MR) is 126 cm³/mol. The van der Waals surface area contributed by atoms with Gasteiger partial charge in [0, 0.05) is 19.6 Å². The first-order valence-electron chi connectivity index (χ1n) is 11.5. The van der Waals surface area contributed by atoms with E-state index >= 15 is 0 Å².